The maximum absolute atomic E-state index is 11.4. The smallest absolute Gasteiger partial charge is 0.304 e. The Kier molecular flexibility index (Phi) is 6.03. The molecule has 0 bridgehead atoms. The van der Waals surface area contributed by atoms with Gasteiger partial charge < -0.3 is 5.11 Å². The molecule has 0 saturated carbocycles. The SMILES string of the molecule is C=C(Br)CNS(=O)(=O)N(C)CCC(=O)O. The third-order valence-electron chi connectivity index (χ3n) is 1.50. The molecule has 0 amide bonds. The Morgan fingerprint density at radius 1 is 1.60 bits per heavy atom. The zero-order valence-corrected chi connectivity index (χ0v) is 10.6. The van der Waals surface area contributed by atoms with Crippen molar-refractivity contribution in [3.8, 4) is 0 Å². The minimum Gasteiger partial charge on any atom is -0.481 e. The molecule has 0 radical (unpaired) electrons. The number of carbonyl (C=O) groups is 1. The first-order valence-electron chi connectivity index (χ1n) is 4.01. The first-order chi connectivity index (χ1) is 6.75. The molecule has 0 spiro atoms. The van der Waals surface area contributed by atoms with E-state index < -0.39 is 16.2 Å². The molecule has 0 aromatic carbocycles. The number of nitrogens with zero attached hydrogens (tertiary/aromatic N) is 1. The lowest BCUT2D eigenvalue weighted by Crippen LogP contribution is -2.39. The number of carboxylic acid groups (broad SMARTS) is 1. The number of halogens is 1. The summed E-state index contributed by atoms with van der Waals surface area (Å²) in [6.45, 7) is 3.47. The molecule has 0 aromatic heterocycles. The van der Waals surface area contributed by atoms with Gasteiger partial charge in [-0.1, -0.05) is 22.5 Å². The van der Waals surface area contributed by atoms with Crippen LogP contribution in [-0.2, 0) is 15.0 Å². The zero-order chi connectivity index (χ0) is 12.1. The van der Waals surface area contributed by atoms with Crippen LogP contribution in [0.15, 0.2) is 11.1 Å². The quantitative estimate of drug-likeness (QED) is 0.700. The topological polar surface area (TPSA) is 86.7 Å². The van der Waals surface area contributed by atoms with Crippen molar-refractivity contribution in [2.45, 2.75) is 6.42 Å². The van der Waals surface area contributed by atoms with E-state index in [-0.39, 0.29) is 19.5 Å². The molecular formula is C7H13BrN2O4S. The molecule has 0 aliphatic rings. The predicted octanol–water partition coefficient (Wildman–Crippen LogP) is 0.136. The van der Waals surface area contributed by atoms with E-state index in [0.29, 0.717) is 4.48 Å². The lowest BCUT2D eigenvalue weighted by atomic mass is 10.4. The van der Waals surface area contributed by atoms with Crippen molar-refractivity contribution in [2.24, 2.45) is 0 Å². The minimum absolute atomic E-state index is 0.0692. The fourth-order valence-corrected chi connectivity index (χ4v) is 1.89. The van der Waals surface area contributed by atoms with E-state index in [2.05, 4.69) is 27.2 Å². The first kappa shape index (κ1) is 14.6. The summed E-state index contributed by atoms with van der Waals surface area (Å²) in [6, 6.07) is 0. The van der Waals surface area contributed by atoms with Gasteiger partial charge in [0.15, 0.2) is 0 Å². The van der Waals surface area contributed by atoms with E-state index in [1.807, 2.05) is 0 Å². The molecule has 6 nitrogen and oxygen atoms in total. The van der Waals surface area contributed by atoms with Crippen molar-refractivity contribution < 1.29 is 18.3 Å². The van der Waals surface area contributed by atoms with Crippen LogP contribution in [-0.4, -0.2) is 43.9 Å². The molecular weight excluding hydrogens is 288 g/mol. The summed E-state index contributed by atoms with van der Waals surface area (Å²) in [4.78, 5) is 10.2. The normalized spacial score (nSPS) is 11.7. The molecule has 88 valence electrons. The van der Waals surface area contributed by atoms with Crippen LogP contribution < -0.4 is 4.72 Å². The molecule has 0 aliphatic carbocycles. The fourth-order valence-electron chi connectivity index (χ4n) is 0.653. The highest BCUT2D eigenvalue weighted by atomic mass is 79.9. The summed E-state index contributed by atoms with van der Waals surface area (Å²) in [7, 11) is -2.31. The van der Waals surface area contributed by atoms with Crippen LogP contribution in [0.1, 0.15) is 6.42 Å². The van der Waals surface area contributed by atoms with Crippen LogP contribution in [0.25, 0.3) is 0 Å². The number of rotatable bonds is 7. The van der Waals surface area contributed by atoms with Crippen LogP contribution in [0.3, 0.4) is 0 Å². The van der Waals surface area contributed by atoms with E-state index >= 15 is 0 Å². The van der Waals surface area contributed by atoms with E-state index in [1.165, 1.54) is 7.05 Å². The summed E-state index contributed by atoms with van der Waals surface area (Å²) < 4.78 is 26.5. The third-order valence-corrected chi connectivity index (χ3v) is 3.29. The van der Waals surface area contributed by atoms with Gasteiger partial charge in [0.1, 0.15) is 0 Å². The van der Waals surface area contributed by atoms with Crippen molar-refractivity contribution in [1.29, 1.82) is 0 Å². The van der Waals surface area contributed by atoms with Crippen LogP contribution in [0.5, 0.6) is 0 Å². The highest BCUT2D eigenvalue weighted by Crippen LogP contribution is 2.01. The Morgan fingerprint density at radius 2 is 2.13 bits per heavy atom. The van der Waals surface area contributed by atoms with Crippen molar-refractivity contribution in [3.05, 3.63) is 11.1 Å². The summed E-state index contributed by atoms with van der Waals surface area (Å²) in [5.74, 6) is -1.04. The monoisotopic (exact) mass is 300 g/mol. The standard InChI is InChI=1S/C7H13BrN2O4S/c1-6(8)5-9-15(13,14)10(2)4-3-7(11)12/h9H,1,3-5H2,2H3,(H,11,12). The van der Waals surface area contributed by atoms with Gasteiger partial charge in [-0.25, -0.2) is 0 Å². The molecule has 0 fully saturated rings. The van der Waals surface area contributed by atoms with Gasteiger partial charge >= 0.3 is 5.97 Å². The van der Waals surface area contributed by atoms with Crippen LogP contribution in [0, 0.1) is 0 Å². The van der Waals surface area contributed by atoms with Crippen LogP contribution >= 0.6 is 15.9 Å². The van der Waals surface area contributed by atoms with Crippen LogP contribution in [0.2, 0.25) is 0 Å². The van der Waals surface area contributed by atoms with Crippen LogP contribution in [0.4, 0.5) is 0 Å². The first-order valence-corrected chi connectivity index (χ1v) is 6.25. The zero-order valence-electron chi connectivity index (χ0n) is 8.23. The average molecular weight is 301 g/mol. The predicted molar refractivity (Wildman–Crippen MR) is 59.9 cm³/mol. The van der Waals surface area contributed by atoms with Crippen molar-refractivity contribution >= 4 is 32.1 Å². The number of aliphatic carboxylic acids is 1. The minimum atomic E-state index is -3.62. The Balaban J connectivity index is 4.20. The van der Waals surface area contributed by atoms with Gasteiger partial charge in [0.2, 0.25) is 0 Å². The maximum Gasteiger partial charge on any atom is 0.304 e. The van der Waals surface area contributed by atoms with Gasteiger partial charge in [-0.05, 0) is 0 Å². The van der Waals surface area contributed by atoms with Gasteiger partial charge in [-0.2, -0.15) is 17.4 Å². The summed E-state index contributed by atoms with van der Waals surface area (Å²) >= 11 is 3.00. The summed E-state index contributed by atoms with van der Waals surface area (Å²) in [5.41, 5.74) is 0. The lowest BCUT2D eigenvalue weighted by molar-refractivity contribution is -0.137. The van der Waals surface area contributed by atoms with Gasteiger partial charge in [-0.3, -0.25) is 4.79 Å². The van der Waals surface area contributed by atoms with Crippen molar-refractivity contribution in [3.63, 3.8) is 0 Å². The Hall–Kier alpha value is -0.440. The Morgan fingerprint density at radius 3 is 2.53 bits per heavy atom. The van der Waals surface area contributed by atoms with E-state index in [9.17, 15) is 13.2 Å². The number of nitrogens with one attached hydrogen (secondary N) is 1. The van der Waals surface area contributed by atoms with Gasteiger partial charge in [0, 0.05) is 24.6 Å². The highest BCUT2D eigenvalue weighted by molar-refractivity contribution is 9.11. The van der Waals surface area contributed by atoms with E-state index in [1.54, 1.807) is 0 Å². The molecule has 0 aliphatic heterocycles. The molecule has 15 heavy (non-hydrogen) atoms. The molecule has 0 unspecified atom stereocenters. The molecule has 0 saturated heterocycles. The number of carboxylic acids is 1. The molecule has 8 heteroatoms. The molecule has 0 aromatic rings. The second-order valence-electron chi connectivity index (χ2n) is 2.81. The third kappa shape index (κ3) is 6.61. The van der Waals surface area contributed by atoms with Gasteiger partial charge in [0.25, 0.3) is 10.2 Å². The largest absolute Gasteiger partial charge is 0.481 e. The Labute approximate surface area is 97.3 Å². The molecule has 2 N–H and O–H groups in total. The highest BCUT2D eigenvalue weighted by Gasteiger charge is 2.17. The van der Waals surface area contributed by atoms with Gasteiger partial charge in [-0.15, -0.1) is 0 Å². The summed E-state index contributed by atoms with van der Waals surface area (Å²) in [6.07, 6.45) is -0.229. The fraction of sp³-hybridized carbons (Fsp3) is 0.571. The second-order valence-corrected chi connectivity index (χ2v) is 5.79. The maximum atomic E-state index is 11.4. The van der Waals surface area contributed by atoms with Crippen molar-refractivity contribution in [2.75, 3.05) is 20.1 Å². The number of hydrogen-bond acceptors (Lipinski definition) is 3. The molecule has 0 heterocycles. The van der Waals surface area contributed by atoms with Gasteiger partial charge in [0.05, 0.1) is 6.42 Å². The Bertz CT molecular complexity index is 341. The van der Waals surface area contributed by atoms with E-state index in [0.717, 1.165) is 4.31 Å². The molecule has 0 atom stereocenters. The van der Waals surface area contributed by atoms with Crippen molar-refractivity contribution in [1.82, 2.24) is 9.03 Å². The average Bonchev–Trinajstić information content (AvgIpc) is 2.11. The second kappa shape index (κ2) is 6.21. The summed E-state index contributed by atoms with van der Waals surface area (Å²) in [5, 5.41) is 8.38. The van der Waals surface area contributed by atoms with E-state index in [4.69, 9.17) is 5.11 Å². The lowest BCUT2D eigenvalue weighted by Gasteiger charge is -2.16. The molecule has 0 rings (SSSR count). The number of hydrogen-bond donors (Lipinski definition) is 2.